The molecular weight excluding hydrogens is 397 g/mol. The summed E-state index contributed by atoms with van der Waals surface area (Å²) >= 11 is 0. The number of alkyl halides is 3. The van der Waals surface area contributed by atoms with Gasteiger partial charge in [0.15, 0.2) is 0 Å². The Morgan fingerprint density at radius 2 is 1.87 bits per heavy atom. The van der Waals surface area contributed by atoms with Gasteiger partial charge < -0.3 is 10.1 Å². The van der Waals surface area contributed by atoms with Crippen LogP contribution in [-0.2, 0) is 23.8 Å². The van der Waals surface area contributed by atoms with E-state index in [1.807, 2.05) is 20.8 Å². The molecule has 0 saturated carbocycles. The van der Waals surface area contributed by atoms with Gasteiger partial charge in [-0.15, -0.1) is 0 Å². The fraction of sp³-hybridized carbons (Fsp3) is 0.524. The number of ether oxygens (including phenoxy) is 1. The average molecular weight is 422 g/mol. The van der Waals surface area contributed by atoms with Gasteiger partial charge in [0.25, 0.3) is 0 Å². The molecule has 0 aliphatic carbocycles. The molecule has 2 aromatic rings. The first-order valence-corrected chi connectivity index (χ1v) is 10.0. The number of benzene rings is 1. The lowest BCUT2D eigenvalue weighted by molar-refractivity contribution is -0.137. The summed E-state index contributed by atoms with van der Waals surface area (Å²) in [5, 5.41) is 8.07. The highest BCUT2D eigenvalue weighted by atomic mass is 19.4. The third-order valence-electron chi connectivity index (χ3n) is 5.34. The summed E-state index contributed by atoms with van der Waals surface area (Å²) in [5.74, 6) is 0. The lowest BCUT2D eigenvalue weighted by Crippen LogP contribution is -2.46. The summed E-state index contributed by atoms with van der Waals surface area (Å²) in [7, 11) is 0. The maximum Gasteiger partial charge on any atom is 0.416 e. The number of halogens is 3. The molecule has 3 heterocycles. The highest BCUT2D eigenvalue weighted by Crippen LogP contribution is 2.36. The van der Waals surface area contributed by atoms with E-state index in [1.165, 1.54) is 12.1 Å². The Hall–Kier alpha value is -2.55. The number of carbonyl (C=O) groups excluding carboxylic acids is 1. The molecule has 1 aromatic carbocycles. The molecule has 30 heavy (non-hydrogen) atoms. The van der Waals surface area contributed by atoms with Crippen LogP contribution in [0.3, 0.4) is 0 Å². The van der Waals surface area contributed by atoms with E-state index in [2.05, 4.69) is 5.32 Å². The Morgan fingerprint density at radius 1 is 1.17 bits per heavy atom. The topological polar surface area (TPSA) is 59.4 Å². The molecule has 6 nitrogen and oxygen atoms in total. The molecular formula is C21H25F3N4O2. The van der Waals surface area contributed by atoms with Gasteiger partial charge in [-0.1, -0.05) is 0 Å². The van der Waals surface area contributed by atoms with Gasteiger partial charge in [-0.25, -0.2) is 9.48 Å². The van der Waals surface area contributed by atoms with E-state index >= 15 is 0 Å². The van der Waals surface area contributed by atoms with Crippen molar-refractivity contribution < 1.29 is 22.7 Å². The van der Waals surface area contributed by atoms with Gasteiger partial charge in [-0.2, -0.15) is 18.3 Å². The van der Waals surface area contributed by atoms with Gasteiger partial charge in [-0.05, 0) is 45.0 Å². The van der Waals surface area contributed by atoms with Crippen LogP contribution in [0.2, 0.25) is 0 Å². The first-order chi connectivity index (χ1) is 14.0. The van der Waals surface area contributed by atoms with Gasteiger partial charge in [0.05, 0.1) is 28.7 Å². The van der Waals surface area contributed by atoms with Crippen molar-refractivity contribution in [3.63, 3.8) is 0 Å². The average Bonchev–Trinajstić information content (AvgIpc) is 2.88. The second kappa shape index (κ2) is 7.30. The van der Waals surface area contributed by atoms with Crippen LogP contribution in [0.15, 0.2) is 24.3 Å². The van der Waals surface area contributed by atoms with Gasteiger partial charge in [0.1, 0.15) is 5.60 Å². The Bertz CT molecular complexity index is 945. The van der Waals surface area contributed by atoms with Crippen LogP contribution in [0.4, 0.5) is 18.0 Å². The SMILES string of the molecule is CC(C)(C)OC(=O)N1CCc2c3c(nn2-c2ccc(C(F)(F)F)cc2)CCNCC31. The van der Waals surface area contributed by atoms with Crippen molar-refractivity contribution in [1.29, 1.82) is 0 Å². The number of hydrogen-bond donors (Lipinski definition) is 1. The van der Waals surface area contributed by atoms with Crippen molar-refractivity contribution in [1.82, 2.24) is 20.0 Å². The van der Waals surface area contributed by atoms with Crippen LogP contribution in [0.1, 0.15) is 49.3 Å². The first kappa shape index (κ1) is 20.7. The molecule has 4 rings (SSSR count). The molecule has 2 aliphatic rings. The van der Waals surface area contributed by atoms with Crippen molar-refractivity contribution in [2.24, 2.45) is 0 Å². The minimum atomic E-state index is -4.38. The number of hydrogen-bond acceptors (Lipinski definition) is 4. The van der Waals surface area contributed by atoms with E-state index < -0.39 is 17.3 Å². The minimum Gasteiger partial charge on any atom is -0.444 e. The van der Waals surface area contributed by atoms with Crippen LogP contribution < -0.4 is 5.32 Å². The molecule has 0 fully saturated rings. The molecule has 1 aromatic heterocycles. The predicted octanol–water partition coefficient (Wildman–Crippen LogP) is 3.87. The van der Waals surface area contributed by atoms with E-state index in [9.17, 15) is 18.0 Å². The van der Waals surface area contributed by atoms with Crippen LogP contribution >= 0.6 is 0 Å². The first-order valence-electron chi connectivity index (χ1n) is 10.0. The zero-order valence-electron chi connectivity index (χ0n) is 17.2. The molecule has 9 heteroatoms. The van der Waals surface area contributed by atoms with Gasteiger partial charge in [0.2, 0.25) is 0 Å². The Morgan fingerprint density at radius 3 is 2.50 bits per heavy atom. The van der Waals surface area contributed by atoms with E-state index in [0.29, 0.717) is 31.6 Å². The van der Waals surface area contributed by atoms with Gasteiger partial charge in [0, 0.05) is 38.0 Å². The zero-order valence-corrected chi connectivity index (χ0v) is 17.2. The molecule has 2 aliphatic heterocycles. The van der Waals surface area contributed by atoms with Crippen molar-refractivity contribution in [3.05, 3.63) is 46.8 Å². The molecule has 1 N–H and O–H groups in total. The van der Waals surface area contributed by atoms with Crippen LogP contribution in [0, 0.1) is 0 Å². The lowest BCUT2D eigenvalue weighted by Gasteiger charge is -2.36. The predicted molar refractivity (Wildman–Crippen MR) is 105 cm³/mol. The van der Waals surface area contributed by atoms with Crippen LogP contribution in [0.5, 0.6) is 0 Å². The summed E-state index contributed by atoms with van der Waals surface area (Å²) < 4.78 is 46.1. The quantitative estimate of drug-likeness (QED) is 0.758. The third kappa shape index (κ3) is 3.90. The van der Waals surface area contributed by atoms with Crippen molar-refractivity contribution in [2.75, 3.05) is 19.6 Å². The Balaban J connectivity index is 1.71. The van der Waals surface area contributed by atoms with Crippen LogP contribution in [0.25, 0.3) is 5.69 Å². The summed E-state index contributed by atoms with van der Waals surface area (Å²) in [6.45, 7) is 7.26. The maximum atomic E-state index is 12.9. The minimum absolute atomic E-state index is 0.218. The van der Waals surface area contributed by atoms with E-state index in [1.54, 1.807) is 9.58 Å². The van der Waals surface area contributed by atoms with Gasteiger partial charge >= 0.3 is 12.3 Å². The molecule has 0 spiro atoms. The Kier molecular flexibility index (Phi) is 5.04. The van der Waals surface area contributed by atoms with Crippen molar-refractivity contribution in [2.45, 2.75) is 51.4 Å². The number of aromatic nitrogens is 2. The number of amides is 1. The lowest BCUT2D eigenvalue weighted by atomic mass is 9.96. The standard InChI is InChI=1S/C21H25F3N4O2/c1-20(2,3)30-19(29)27-11-9-16-18-15(8-10-25-12-17(18)27)26-28(16)14-6-4-13(5-7-14)21(22,23)24/h4-7,17,25H,8-12H2,1-3H3. The summed E-state index contributed by atoms with van der Waals surface area (Å²) in [4.78, 5) is 14.5. The zero-order chi connectivity index (χ0) is 21.7. The van der Waals surface area contributed by atoms with Crippen molar-refractivity contribution in [3.8, 4) is 5.69 Å². The smallest absolute Gasteiger partial charge is 0.416 e. The van der Waals surface area contributed by atoms with E-state index in [-0.39, 0.29) is 12.1 Å². The van der Waals surface area contributed by atoms with E-state index in [0.717, 1.165) is 35.6 Å². The molecule has 1 atom stereocenters. The number of carbonyl (C=O) groups is 1. The molecule has 0 saturated heterocycles. The number of rotatable bonds is 1. The fourth-order valence-corrected chi connectivity index (χ4v) is 4.07. The van der Waals surface area contributed by atoms with Crippen LogP contribution in [-0.4, -0.2) is 46.0 Å². The highest BCUT2D eigenvalue weighted by molar-refractivity contribution is 5.70. The molecule has 162 valence electrons. The number of nitrogens with one attached hydrogen (secondary N) is 1. The molecule has 1 unspecified atom stereocenters. The largest absolute Gasteiger partial charge is 0.444 e. The summed E-state index contributed by atoms with van der Waals surface area (Å²) in [5.41, 5.74) is 2.10. The van der Waals surface area contributed by atoms with Crippen molar-refractivity contribution >= 4 is 6.09 Å². The maximum absolute atomic E-state index is 12.9. The summed E-state index contributed by atoms with van der Waals surface area (Å²) in [6, 6.07) is 4.82. The second-order valence-electron chi connectivity index (χ2n) is 8.66. The highest BCUT2D eigenvalue weighted by Gasteiger charge is 2.39. The summed E-state index contributed by atoms with van der Waals surface area (Å²) in [6.07, 6.45) is -3.50. The molecule has 1 amide bonds. The van der Waals surface area contributed by atoms with Gasteiger partial charge in [-0.3, -0.25) is 4.90 Å². The second-order valence-corrected chi connectivity index (χ2v) is 8.66. The monoisotopic (exact) mass is 422 g/mol. The number of nitrogens with zero attached hydrogens (tertiary/aromatic N) is 3. The fourth-order valence-electron chi connectivity index (χ4n) is 4.07. The Labute approximate surface area is 173 Å². The normalized spacial score (nSPS) is 19.3. The third-order valence-corrected chi connectivity index (χ3v) is 5.34. The molecule has 0 bridgehead atoms. The van der Waals surface area contributed by atoms with E-state index in [4.69, 9.17) is 9.84 Å². The molecule has 0 radical (unpaired) electrons.